The highest BCUT2D eigenvalue weighted by molar-refractivity contribution is 7.90. The first-order chi connectivity index (χ1) is 17.1. The lowest BCUT2D eigenvalue weighted by Gasteiger charge is -2.39. The minimum Gasteiger partial charge on any atom is -0.350 e. The molecule has 5 rings (SSSR count). The molecule has 10 nitrogen and oxygen atoms in total. The van der Waals surface area contributed by atoms with Crippen molar-refractivity contribution in [1.29, 1.82) is 0 Å². The molecule has 2 bridgehead atoms. The summed E-state index contributed by atoms with van der Waals surface area (Å²) in [4.78, 5) is 17.9. The predicted octanol–water partition coefficient (Wildman–Crippen LogP) is 3.43. The molecule has 0 amide bonds. The lowest BCUT2D eigenvalue weighted by Crippen LogP contribution is -2.43. The molecule has 4 heterocycles. The summed E-state index contributed by atoms with van der Waals surface area (Å²) < 4.78 is 43.7. The molecule has 0 radical (unpaired) electrons. The van der Waals surface area contributed by atoms with E-state index in [0.717, 1.165) is 49.4 Å². The number of hydrogen-bond donors (Lipinski definition) is 1. The third-order valence-corrected chi connectivity index (χ3v) is 8.06. The van der Waals surface area contributed by atoms with E-state index in [9.17, 15) is 12.8 Å². The van der Waals surface area contributed by atoms with Gasteiger partial charge in [-0.2, -0.15) is 4.98 Å². The molecule has 36 heavy (non-hydrogen) atoms. The Morgan fingerprint density at radius 1 is 1.19 bits per heavy atom. The molecule has 0 saturated carbocycles. The van der Waals surface area contributed by atoms with Gasteiger partial charge in [0, 0.05) is 29.8 Å². The van der Waals surface area contributed by atoms with Crippen LogP contribution in [-0.2, 0) is 16.4 Å². The van der Waals surface area contributed by atoms with Crippen molar-refractivity contribution >= 4 is 27.2 Å². The molecule has 3 aromatic rings. The van der Waals surface area contributed by atoms with Crippen molar-refractivity contribution in [2.75, 3.05) is 30.6 Å². The Morgan fingerprint density at radius 2 is 1.92 bits per heavy atom. The standard InChI is InChI=1S/C24H30FN7O3S/c1-14-22(28-20-8-7-18(11-19(20)25)36(4,33)34)26-13-27-23(14)32-16-5-6-17(32)10-15(9-16)24-29-21(30-35-24)12-31(2)3/h7-8,11,13,15-17H,5-6,9-10,12H2,1-4H3,(H,26,27,28). The van der Waals surface area contributed by atoms with E-state index in [1.165, 1.54) is 18.5 Å². The average Bonchev–Trinajstić information content (AvgIpc) is 3.36. The molecule has 2 aromatic heterocycles. The van der Waals surface area contributed by atoms with Crippen LogP contribution in [-0.4, -0.2) is 65.9 Å². The number of piperidine rings is 1. The summed E-state index contributed by atoms with van der Waals surface area (Å²) in [5.41, 5.74) is 0.965. The van der Waals surface area contributed by atoms with Gasteiger partial charge in [0.1, 0.15) is 23.8 Å². The zero-order valence-corrected chi connectivity index (χ0v) is 21.6. The number of sulfone groups is 1. The molecular formula is C24H30FN7O3S. The lowest BCUT2D eigenvalue weighted by atomic mass is 9.90. The molecule has 2 aliphatic heterocycles. The van der Waals surface area contributed by atoms with Gasteiger partial charge >= 0.3 is 0 Å². The summed E-state index contributed by atoms with van der Waals surface area (Å²) >= 11 is 0. The second-order valence-electron chi connectivity index (χ2n) is 9.96. The fourth-order valence-corrected chi connectivity index (χ4v) is 5.92. The largest absolute Gasteiger partial charge is 0.350 e. The van der Waals surface area contributed by atoms with Crippen LogP contribution in [0.3, 0.4) is 0 Å². The van der Waals surface area contributed by atoms with E-state index in [-0.39, 0.29) is 28.6 Å². The van der Waals surface area contributed by atoms with Crippen LogP contribution < -0.4 is 10.2 Å². The first-order valence-corrected chi connectivity index (χ1v) is 13.8. The van der Waals surface area contributed by atoms with Crippen LogP contribution in [0.25, 0.3) is 0 Å². The highest BCUT2D eigenvalue weighted by Gasteiger charge is 2.44. The predicted molar refractivity (Wildman–Crippen MR) is 133 cm³/mol. The van der Waals surface area contributed by atoms with Gasteiger partial charge in [-0.15, -0.1) is 0 Å². The summed E-state index contributed by atoms with van der Waals surface area (Å²) in [6.07, 6.45) is 6.42. The topological polar surface area (TPSA) is 117 Å². The molecule has 192 valence electrons. The van der Waals surface area contributed by atoms with Crippen molar-refractivity contribution in [2.45, 2.75) is 62.0 Å². The monoisotopic (exact) mass is 515 g/mol. The maximum atomic E-state index is 14.7. The van der Waals surface area contributed by atoms with E-state index in [4.69, 9.17) is 4.52 Å². The highest BCUT2D eigenvalue weighted by atomic mass is 32.2. The lowest BCUT2D eigenvalue weighted by molar-refractivity contribution is 0.301. The number of aromatic nitrogens is 4. The first kappa shape index (κ1) is 24.6. The van der Waals surface area contributed by atoms with Gasteiger partial charge in [-0.1, -0.05) is 5.16 Å². The Morgan fingerprint density at radius 3 is 2.56 bits per heavy atom. The Hall–Kier alpha value is -3.12. The Kier molecular flexibility index (Phi) is 6.41. The number of rotatable bonds is 7. The maximum absolute atomic E-state index is 14.7. The molecule has 12 heteroatoms. The second kappa shape index (κ2) is 9.40. The quantitative estimate of drug-likeness (QED) is 0.501. The van der Waals surface area contributed by atoms with Gasteiger partial charge in [0.15, 0.2) is 15.7 Å². The SMILES string of the molecule is Cc1c(Nc2ccc(S(C)(=O)=O)cc2F)ncnc1N1C2CCC1CC(c1nc(CN(C)C)no1)C2. The first-order valence-electron chi connectivity index (χ1n) is 11.9. The van der Waals surface area contributed by atoms with E-state index in [0.29, 0.717) is 24.1 Å². The second-order valence-corrected chi connectivity index (χ2v) is 12.0. The number of fused-ring (bicyclic) bond motifs is 2. The molecule has 2 unspecified atom stereocenters. The van der Waals surface area contributed by atoms with Crippen molar-refractivity contribution in [1.82, 2.24) is 25.0 Å². The zero-order valence-electron chi connectivity index (χ0n) is 20.8. The number of nitrogens with one attached hydrogen (secondary N) is 1. The Balaban J connectivity index is 1.35. The molecule has 1 N–H and O–H groups in total. The van der Waals surface area contributed by atoms with Crippen LogP contribution >= 0.6 is 0 Å². The smallest absolute Gasteiger partial charge is 0.229 e. The maximum Gasteiger partial charge on any atom is 0.229 e. The molecule has 2 atom stereocenters. The molecule has 2 aliphatic rings. The normalized spacial score (nSPS) is 21.8. The van der Waals surface area contributed by atoms with Crippen LogP contribution in [0.2, 0.25) is 0 Å². The minimum atomic E-state index is -3.50. The molecule has 2 fully saturated rings. The van der Waals surface area contributed by atoms with Crippen molar-refractivity contribution < 1.29 is 17.3 Å². The molecule has 0 spiro atoms. The van der Waals surface area contributed by atoms with Crippen LogP contribution in [0.1, 0.15) is 48.9 Å². The number of halogens is 1. The van der Waals surface area contributed by atoms with E-state index < -0.39 is 15.7 Å². The summed E-state index contributed by atoms with van der Waals surface area (Å²) in [5, 5.41) is 7.15. The zero-order chi connectivity index (χ0) is 25.6. The van der Waals surface area contributed by atoms with Crippen LogP contribution in [0.15, 0.2) is 33.9 Å². The van der Waals surface area contributed by atoms with Crippen LogP contribution in [0, 0.1) is 12.7 Å². The molecule has 2 saturated heterocycles. The van der Waals surface area contributed by atoms with Gasteiger partial charge < -0.3 is 19.6 Å². The van der Waals surface area contributed by atoms with Gasteiger partial charge in [-0.25, -0.2) is 22.8 Å². The number of hydrogen-bond acceptors (Lipinski definition) is 10. The van der Waals surface area contributed by atoms with Crippen LogP contribution in [0.4, 0.5) is 21.7 Å². The average molecular weight is 516 g/mol. The van der Waals surface area contributed by atoms with Gasteiger partial charge in [0.25, 0.3) is 0 Å². The van der Waals surface area contributed by atoms with Crippen molar-refractivity contribution in [2.24, 2.45) is 0 Å². The molecule has 1 aromatic carbocycles. The number of anilines is 3. The fourth-order valence-electron chi connectivity index (χ4n) is 5.29. The number of benzene rings is 1. The van der Waals surface area contributed by atoms with Gasteiger partial charge in [-0.05, 0) is 64.9 Å². The van der Waals surface area contributed by atoms with Gasteiger partial charge in [0.2, 0.25) is 5.89 Å². The molecule has 0 aliphatic carbocycles. The van der Waals surface area contributed by atoms with E-state index >= 15 is 0 Å². The molecular weight excluding hydrogens is 485 g/mol. The highest BCUT2D eigenvalue weighted by Crippen LogP contribution is 2.45. The van der Waals surface area contributed by atoms with Gasteiger partial charge in [0.05, 0.1) is 17.1 Å². The Bertz CT molecular complexity index is 1360. The summed E-state index contributed by atoms with van der Waals surface area (Å²) in [5.74, 6) is 2.27. The van der Waals surface area contributed by atoms with Crippen molar-refractivity contribution in [3.8, 4) is 0 Å². The van der Waals surface area contributed by atoms with E-state index in [1.54, 1.807) is 0 Å². The number of nitrogens with zero attached hydrogens (tertiary/aromatic N) is 6. The summed E-state index contributed by atoms with van der Waals surface area (Å²) in [6.45, 7) is 2.56. The van der Waals surface area contributed by atoms with Gasteiger partial charge in [-0.3, -0.25) is 0 Å². The Labute approximate surface area is 209 Å². The minimum absolute atomic E-state index is 0.0693. The van der Waals surface area contributed by atoms with Crippen LogP contribution in [0.5, 0.6) is 0 Å². The van der Waals surface area contributed by atoms with Crippen molar-refractivity contribution in [3.05, 3.63) is 47.6 Å². The fraction of sp³-hybridized carbons (Fsp3) is 0.500. The van der Waals surface area contributed by atoms with Crippen molar-refractivity contribution in [3.63, 3.8) is 0 Å². The summed E-state index contributed by atoms with van der Waals surface area (Å²) in [6, 6.07) is 4.37. The van der Waals surface area contributed by atoms with E-state index in [1.807, 2.05) is 25.9 Å². The third-order valence-electron chi connectivity index (χ3n) is 6.95. The third kappa shape index (κ3) is 4.79. The summed E-state index contributed by atoms with van der Waals surface area (Å²) in [7, 11) is 0.451. The van der Waals surface area contributed by atoms with E-state index in [2.05, 4.69) is 30.3 Å².